The van der Waals surface area contributed by atoms with Gasteiger partial charge in [-0.2, -0.15) is 0 Å². The Labute approximate surface area is 133 Å². The summed E-state index contributed by atoms with van der Waals surface area (Å²) in [7, 11) is 0. The fraction of sp³-hybridized carbons (Fsp3) is 0.167. The number of hydrogen-bond acceptors (Lipinski definition) is 3. The van der Waals surface area contributed by atoms with Crippen molar-refractivity contribution >= 4 is 17.7 Å². The van der Waals surface area contributed by atoms with E-state index in [-0.39, 0.29) is 12.7 Å². The molecule has 0 atom stereocenters. The number of carbonyl (C=O) groups is 1. The number of amides is 1. The summed E-state index contributed by atoms with van der Waals surface area (Å²) in [5, 5.41) is 2.75. The quantitative estimate of drug-likeness (QED) is 0.880. The minimum atomic E-state index is -0.392. The van der Waals surface area contributed by atoms with Gasteiger partial charge in [-0.3, -0.25) is 4.79 Å². The molecule has 0 unspecified atom stereocenters. The van der Waals surface area contributed by atoms with Gasteiger partial charge in [-0.25, -0.2) is 4.39 Å². The molecule has 0 saturated carbocycles. The lowest BCUT2D eigenvalue weighted by molar-refractivity contribution is -0.111. The van der Waals surface area contributed by atoms with Gasteiger partial charge in [-0.1, -0.05) is 17.7 Å². The maximum Gasteiger partial charge on any atom is 0.248 e. The molecule has 4 nitrogen and oxygen atoms in total. The zero-order valence-electron chi connectivity index (χ0n) is 12.6. The minimum Gasteiger partial charge on any atom is -0.467 e. The van der Waals surface area contributed by atoms with Crippen molar-refractivity contribution < 1.29 is 18.7 Å². The Bertz CT molecular complexity index is 754. The van der Waals surface area contributed by atoms with E-state index in [1.807, 2.05) is 31.2 Å². The summed E-state index contributed by atoms with van der Waals surface area (Å²) in [4.78, 5) is 12.0. The first-order valence-electron chi connectivity index (χ1n) is 7.20. The van der Waals surface area contributed by atoms with Crippen LogP contribution in [0.2, 0.25) is 0 Å². The van der Waals surface area contributed by atoms with Crippen LogP contribution in [0.4, 0.5) is 10.1 Å². The van der Waals surface area contributed by atoms with E-state index in [1.165, 1.54) is 24.3 Å². The van der Waals surface area contributed by atoms with Crippen LogP contribution in [-0.4, -0.2) is 12.7 Å². The van der Waals surface area contributed by atoms with Crippen LogP contribution in [0.25, 0.3) is 6.08 Å². The lowest BCUT2D eigenvalue weighted by atomic mass is 10.1. The molecule has 2 aromatic carbocycles. The lowest BCUT2D eigenvalue weighted by Crippen LogP contribution is -2.13. The first kappa shape index (κ1) is 15.2. The largest absolute Gasteiger partial charge is 0.467 e. The Morgan fingerprint density at radius 2 is 2.04 bits per heavy atom. The molecule has 0 spiro atoms. The number of nitrogens with one attached hydrogen (secondary N) is 1. The van der Waals surface area contributed by atoms with E-state index in [4.69, 9.17) is 9.47 Å². The second-order valence-electron chi connectivity index (χ2n) is 5.28. The van der Waals surface area contributed by atoms with Gasteiger partial charge < -0.3 is 14.8 Å². The third-order valence-corrected chi connectivity index (χ3v) is 3.44. The highest BCUT2D eigenvalue weighted by atomic mass is 19.1. The second kappa shape index (κ2) is 6.62. The van der Waals surface area contributed by atoms with Gasteiger partial charge in [0.2, 0.25) is 5.91 Å². The van der Waals surface area contributed by atoms with E-state index >= 15 is 0 Å². The Morgan fingerprint density at radius 1 is 1.26 bits per heavy atom. The molecule has 23 heavy (non-hydrogen) atoms. The number of rotatable bonds is 3. The number of anilines is 1. The van der Waals surface area contributed by atoms with E-state index in [9.17, 15) is 9.18 Å². The zero-order chi connectivity index (χ0) is 16.2. The molecule has 1 N–H and O–H groups in total. The van der Waals surface area contributed by atoms with Crippen molar-refractivity contribution in [3.05, 3.63) is 65.0 Å². The number of fused-ring (bicyclic) bond motifs is 1. The number of benzene rings is 2. The van der Waals surface area contributed by atoms with Gasteiger partial charge in [-0.15, -0.1) is 0 Å². The third-order valence-electron chi connectivity index (χ3n) is 3.44. The molecule has 0 radical (unpaired) electrons. The number of aryl methyl sites for hydroxylation is 1. The van der Waals surface area contributed by atoms with Crippen molar-refractivity contribution in [2.24, 2.45) is 0 Å². The number of carbonyl (C=O) groups excluding carboxylic acids is 1. The molecular weight excluding hydrogens is 297 g/mol. The first-order valence-corrected chi connectivity index (χ1v) is 7.20. The SMILES string of the molecule is Cc1ccc(NC(=O)C=Cc2cc(F)cc3c2OCOC3)cc1. The average Bonchev–Trinajstić information content (AvgIpc) is 2.54. The summed E-state index contributed by atoms with van der Waals surface area (Å²) in [6.07, 6.45) is 2.89. The standard InChI is InChI=1S/C18H16FNO3/c1-12-2-5-16(6-3-12)20-17(21)7-4-13-8-15(19)9-14-10-22-11-23-18(13)14/h2-9H,10-11H2,1H3,(H,20,21). The van der Waals surface area contributed by atoms with Crippen molar-refractivity contribution in [1.82, 2.24) is 0 Å². The topological polar surface area (TPSA) is 47.6 Å². The van der Waals surface area contributed by atoms with Crippen molar-refractivity contribution in [3.63, 3.8) is 0 Å². The van der Waals surface area contributed by atoms with Crippen LogP contribution in [-0.2, 0) is 16.1 Å². The van der Waals surface area contributed by atoms with Crippen LogP contribution < -0.4 is 10.1 Å². The van der Waals surface area contributed by atoms with Crippen LogP contribution in [0, 0.1) is 12.7 Å². The number of halogens is 1. The van der Waals surface area contributed by atoms with Gasteiger partial charge in [0.25, 0.3) is 0 Å². The summed E-state index contributed by atoms with van der Waals surface area (Å²) in [6, 6.07) is 10.2. The Balaban J connectivity index is 1.76. The summed E-state index contributed by atoms with van der Waals surface area (Å²) >= 11 is 0. The monoisotopic (exact) mass is 313 g/mol. The number of ether oxygens (including phenoxy) is 2. The molecule has 118 valence electrons. The molecule has 5 heteroatoms. The van der Waals surface area contributed by atoms with Crippen LogP contribution >= 0.6 is 0 Å². The highest BCUT2D eigenvalue weighted by Crippen LogP contribution is 2.30. The molecule has 1 amide bonds. The van der Waals surface area contributed by atoms with Crippen molar-refractivity contribution in [2.45, 2.75) is 13.5 Å². The molecule has 2 aromatic rings. The van der Waals surface area contributed by atoms with Gasteiger partial charge in [0, 0.05) is 22.9 Å². The minimum absolute atomic E-state index is 0.120. The highest BCUT2D eigenvalue weighted by molar-refractivity contribution is 6.02. The molecule has 1 aliphatic rings. The molecular formula is C18H16FNO3. The lowest BCUT2D eigenvalue weighted by Gasteiger charge is -2.19. The average molecular weight is 313 g/mol. The number of hydrogen-bond donors (Lipinski definition) is 1. The first-order chi connectivity index (χ1) is 11.1. The van der Waals surface area contributed by atoms with E-state index in [0.717, 1.165) is 5.56 Å². The molecule has 0 saturated heterocycles. The summed E-state index contributed by atoms with van der Waals surface area (Å²) < 4.78 is 24.1. The fourth-order valence-electron chi connectivity index (χ4n) is 2.32. The highest BCUT2D eigenvalue weighted by Gasteiger charge is 2.15. The predicted octanol–water partition coefficient (Wildman–Crippen LogP) is 3.65. The van der Waals surface area contributed by atoms with Gasteiger partial charge in [0.15, 0.2) is 6.79 Å². The van der Waals surface area contributed by atoms with Crippen LogP contribution in [0.3, 0.4) is 0 Å². The van der Waals surface area contributed by atoms with Gasteiger partial charge in [0.05, 0.1) is 6.61 Å². The molecule has 1 aliphatic heterocycles. The summed E-state index contributed by atoms with van der Waals surface area (Å²) in [6.45, 7) is 2.39. The maximum atomic E-state index is 13.6. The van der Waals surface area contributed by atoms with Crippen molar-refractivity contribution in [1.29, 1.82) is 0 Å². The molecule has 0 fully saturated rings. The van der Waals surface area contributed by atoms with E-state index in [2.05, 4.69) is 5.32 Å². The molecule has 1 heterocycles. The molecule has 0 aliphatic carbocycles. The Kier molecular flexibility index (Phi) is 4.39. The van der Waals surface area contributed by atoms with Crippen LogP contribution in [0.5, 0.6) is 5.75 Å². The normalized spacial score (nSPS) is 13.5. The Hall–Kier alpha value is -2.66. The Morgan fingerprint density at radius 3 is 2.83 bits per heavy atom. The van der Waals surface area contributed by atoms with E-state index in [1.54, 1.807) is 0 Å². The molecule has 3 rings (SSSR count). The van der Waals surface area contributed by atoms with Gasteiger partial charge >= 0.3 is 0 Å². The van der Waals surface area contributed by atoms with Crippen molar-refractivity contribution in [2.75, 3.05) is 12.1 Å². The predicted molar refractivity (Wildman–Crippen MR) is 85.5 cm³/mol. The van der Waals surface area contributed by atoms with Crippen LogP contribution in [0.1, 0.15) is 16.7 Å². The summed E-state index contributed by atoms with van der Waals surface area (Å²) in [5.41, 5.74) is 2.97. The van der Waals surface area contributed by atoms with Crippen LogP contribution in [0.15, 0.2) is 42.5 Å². The zero-order valence-corrected chi connectivity index (χ0v) is 12.6. The second-order valence-corrected chi connectivity index (χ2v) is 5.28. The summed E-state index contributed by atoms with van der Waals surface area (Å²) in [5.74, 6) is -0.132. The van der Waals surface area contributed by atoms with Gasteiger partial charge in [-0.05, 0) is 37.3 Å². The maximum absolute atomic E-state index is 13.6. The van der Waals surface area contributed by atoms with E-state index in [0.29, 0.717) is 29.2 Å². The molecule has 0 bridgehead atoms. The third kappa shape index (κ3) is 3.76. The fourth-order valence-corrected chi connectivity index (χ4v) is 2.32. The molecule has 0 aromatic heterocycles. The van der Waals surface area contributed by atoms with Crippen molar-refractivity contribution in [3.8, 4) is 5.75 Å². The van der Waals surface area contributed by atoms with E-state index < -0.39 is 5.82 Å². The van der Waals surface area contributed by atoms with Gasteiger partial charge in [0.1, 0.15) is 11.6 Å². The smallest absolute Gasteiger partial charge is 0.248 e.